The summed E-state index contributed by atoms with van der Waals surface area (Å²) in [6, 6.07) is 8.25. The monoisotopic (exact) mass is 472 g/mol. The zero-order chi connectivity index (χ0) is 23.4. The van der Waals surface area contributed by atoms with Gasteiger partial charge in [-0.1, -0.05) is 38.1 Å². The van der Waals surface area contributed by atoms with Crippen LogP contribution in [0, 0.1) is 11.3 Å². The summed E-state index contributed by atoms with van der Waals surface area (Å²) >= 11 is 0. The van der Waals surface area contributed by atoms with E-state index in [1.165, 1.54) is 0 Å². The van der Waals surface area contributed by atoms with Crippen LogP contribution in [-0.2, 0) is 9.84 Å². The van der Waals surface area contributed by atoms with E-state index in [1.54, 1.807) is 18.2 Å². The van der Waals surface area contributed by atoms with Crippen LogP contribution in [0.1, 0.15) is 20.3 Å². The summed E-state index contributed by atoms with van der Waals surface area (Å²) in [4.78, 5) is 24.3. The minimum absolute atomic E-state index is 0.00585. The highest BCUT2D eigenvalue weighted by Gasteiger charge is 2.48. The summed E-state index contributed by atoms with van der Waals surface area (Å²) in [5, 5.41) is 2.09. The van der Waals surface area contributed by atoms with Crippen molar-refractivity contribution in [3.63, 3.8) is 0 Å². The zero-order valence-corrected chi connectivity index (χ0v) is 20.3. The van der Waals surface area contributed by atoms with Crippen molar-refractivity contribution in [3.8, 4) is 5.75 Å². The molecule has 8 nitrogen and oxygen atoms in total. The Morgan fingerprint density at radius 2 is 1.76 bits per heavy atom. The quantitative estimate of drug-likeness (QED) is 0.668. The van der Waals surface area contributed by atoms with Gasteiger partial charge < -0.3 is 19.4 Å². The molecule has 4 saturated heterocycles. The molecule has 9 heteroatoms. The van der Waals surface area contributed by atoms with Crippen LogP contribution >= 0.6 is 0 Å². The Bertz CT molecular complexity index is 1170. The van der Waals surface area contributed by atoms with E-state index in [1.807, 2.05) is 17.0 Å². The molecule has 6 rings (SSSR count). The first kappa shape index (κ1) is 22.3. The van der Waals surface area contributed by atoms with Crippen molar-refractivity contribution in [3.05, 3.63) is 30.5 Å². The molecule has 0 saturated carbocycles. The van der Waals surface area contributed by atoms with Crippen LogP contribution in [0.2, 0.25) is 0 Å². The van der Waals surface area contributed by atoms with Gasteiger partial charge in [0.15, 0.2) is 9.84 Å². The van der Waals surface area contributed by atoms with Gasteiger partial charge in [-0.25, -0.2) is 18.2 Å². The second-order valence-electron chi connectivity index (χ2n) is 10.2. The van der Waals surface area contributed by atoms with Crippen molar-refractivity contribution in [2.75, 3.05) is 56.2 Å². The fraction of sp³-hybridized carbons (Fsp3) is 0.583. The normalized spacial score (nSPS) is 26.3. The molecule has 5 heterocycles. The summed E-state index contributed by atoms with van der Waals surface area (Å²) in [6.07, 6.45) is 2.83. The number of benzene rings is 1. The van der Waals surface area contributed by atoms with Gasteiger partial charge in [0.05, 0.1) is 30.9 Å². The van der Waals surface area contributed by atoms with Crippen molar-refractivity contribution < 1.29 is 17.9 Å². The van der Waals surface area contributed by atoms with E-state index in [0.29, 0.717) is 19.0 Å². The number of amides is 2. The number of hydrogen-bond donors (Lipinski definition) is 0. The number of nitrogens with zero attached hydrogens (tertiary/aromatic N) is 4. The molecule has 33 heavy (non-hydrogen) atoms. The van der Waals surface area contributed by atoms with E-state index < -0.39 is 9.84 Å². The lowest BCUT2D eigenvalue weighted by Gasteiger charge is -2.48. The van der Waals surface area contributed by atoms with E-state index in [2.05, 4.69) is 30.9 Å². The number of carbonyl (C=O) groups excluding carboxylic acids is 1. The lowest BCUT2D eigenvalue weighted by Crippen LogP contribution is -2.55. The number of fused-ring (bicyclic) bond motifs is 5. The SMILES string of the molecule is COc1cnc(N2CC3CN(C(=O)N4CCS(=O)(=O)CC4)CC2C(C)(C)C3)c2ccccc12. The standard InChI is InChI=1S/C24H32N4O4S/c1-24(2)12-17-14-27(23(29)26-8-10-33(30,31)11-9-26)16-21(24)28(15-17)22-19-7-5-4-6-18(19)20(32-3)13-25-22/h4-7,13,17,21H,8-12,14-16H2,1-3H3. The molecule has 2 atom stereocenters. The predicted octanol–water partition coefficient (Wildman–Crippen LogP) is 2.63. The molecule has 0 radical (unpaired) electrons. The van der Waals surface area contributed by atoms with Gasteiger partial charge in [-0.15, -0.1) is 0 Å². The Kier molecular flexibility index (Phi) is 5.42. The number of urea groups is 1. The minimum atomic E-state index is -3.03. The van der Waals surface area contributed by atoms with Crippen LogP contribution < -0.4 is 9.64 Å². The smallest absolute Gasteiger partial charge is 0.320 e. The van der Waals surface area contributed by atoms with E-state index in [-0.39, 0.29) is 42.1 Å². The highest BCUT2D eigenvalue weighted by molar-refractivity contribution is 7.91. The Morgan fingerprint density at radius 3 is 2.45 bits per heavy atom. The first-order chi connectivity index (χ1) is 15.7. The van der Waals surface area contributed by atoms with Gasteiger partial charge in [0.2, 0.25) is 0 Å². The average molecular weight is 473 g/mol. The molecule has 1 aromatic heterocycles. The Balaban J connectivity index is 1.47. The largest absolute Gasteiger partial charge is 0.494 e. The Morgan fingerprint density at radius 1 is 1.06 bits per heavy atom. The van der Waals surface area contributed by atoms with Crippen LogP contribution in [0.5, 0.6) is 5.75 Å². The summed E-state index contributed by atoms with van der Waals surface area (Å²) in [5.41, 5.74) is 0.00585. The molecule has 2 aromatic rings. The number of carbonyl (C=O) groups is 1. The number of hydrogen-bond acceptors (Lipinski definition) is 6. The zero-order valence-electron chi connectivity index (χ0n) is 19.5. The molecule has 1 aromatic carbocycles. The van der Waals surface area contributed by atoms with Crippen molar-refractivity contribution >= 4 is 32.5 Å². The molecule has 178 valence electrons. The topological polar surface area (TPSA) is 83.1 Å². The van der Waals surface area contributed by atoms with Crippen molar-refractivity contribution in [1.29, 1.82) is 0 Å². The molecule has 4 fully saturated rings. The Hall–Kier alpha value is -2.55. The fourth-order valence-corrected chi connectivity index (χ4v) is 7.07. The molecule has 4 aliphatic rings. The summed E-state index contributed by atoms with van der Waals surface area (Å²) in [6.45, 7) is 7.26. The van der Waals surface area contributed by atoms with Gasteiger partial charge in [0, 0.05) is 43.5 Å². The van der Waals surface area contributed by atoms with Crippen molar-refractivity contribution in [2.45, 2.75) is 26.3 Å². The van der Waals surface area contributed by atoms with Gasteiger partial charge in [0.1, 0.15) is 11.6 Å². The highest BCUT2D eigenvalue weighted by atomic mass is 32.2. The van der Waals surface area contributed by atoms with Gasteiger partial charge in [0.25, 0.3) is 0 Å². The third-order valence-corrected chi connectivity index (χ3v) is 9.14. The summed E-state index contributed by atoms with van der Waals surface area (Å²) in [5.74, 6) is 2.12. The van der Waals surface area contributed by atoms with Crippen LogP contribution in [0.4, 0.5) is 10.6 Å². The number of piperidine rings is 1. The Labute approximate surface area is 195 Å². The third kappa shape index (κ3) is 4.00. The second-order valence-corrected chi connectivity index (χ2v) is 12.6. The molecule has 2 bridgehead atoms. The highest BCUT2D eigenvalue weighted by Crippen LogP contribution is 2.45. The van der Waals surface area contributed by atoms with E-state index in [9.17, 15) is 13.2 Å². The summed E-state index contributed by atoms with van der Waals surface area (Å²) < 4.78 is 29.2. The van der Waals surface area contributed by atoms with Crippen LogP contribution in [-0.4, -0.2) is 86.6 Å². The first-order valence-electron chi connectivity index (χ1n) is 11.6. The molecule has 0 N–H and O–H groups in total. The van der Waals surface area contributed by atoms with E-state index >= 15 is 0 Å². The number of anilines is 1. The molecule has 4 aliphatic heterocycles. The molecule has 0 spiro atoms. The molecule has 0 aliphatic carbocycles. The maximum Gasteiger partial charge on any atom is 0.320 e. The van der Waals surface area contributed by atoms with Crippen molar-refractivity contribution in [1.82, 2.24) is 14.8 Å². The van der Waals surface area contributed by atoms with Gasteiger partial charge in [-0.2, -0.15) is 0 Å². The number of aromatic nitrogens is 1. The summed E-state index contributed by atoms with van der Waals surface area (Å²) in [7, 11) is -1.36. The maximum absolute atomic E-state index is 13.4. The third-order valence-electron chi connectivity index (χ3n) is 7.53. The lowest BCUT2D eigenvalue weighted by molar-refractivity contribution is 0.153. The van der Waals surface area contributed by atoms with Gasteiger partial charge in [-0.3, -0.25) is 0 Å². The van der Waals surface area contributed by atoms with Crippen LogP contribution in [0.25, 0.3) is 10.8 Å². The van der Waals surface area contributed by atoms with Gasteiger partial charge in [-0.05, 0) is 17.8 Å². The number of methoxy groups -OCH3 is 1. The maximum atomic E-state index is 13.4. The average Bonchev–Trinajstić information content (AvgIpc) is 3.05. The van der Waals surface area contributed by atoms with E-state index in [4.69, 9.17) is 9.72 Å². The number of sulfone groups is 1. The van der Waals surface area contributed by atoms with E-state index in [0.717, 1.165) is 35.3 Å². The van der Waals surface area contributed by atoms with Crippen LogP contribution in [0.15, 0.2) is 30.5 Å². The number of pyridine rings is 1. The fourth-order valence-electron chi connectivity index (χ4n) is 5.87. The van der Waals surface area contributed by atoms with Crippen molar-refractivity contribution in [2.24, 2.45) is 11.3 Å². The van der Waals surface area contributed by atoms with Crippen LogP contribution in [0.3, 0.4) is 0 Å². The number of ether oxygens (including phenoxy) is 1. The molecular formula is C24H32N4O4S. The molecule has 2 unspecified atom stereocenters. The molecule has 2 amide bonds. The first-order valence-corrected chi connectivity index (χ1v) is 13.4. The second kappa shape index (κ2) is 8.04. The number of rotatable bonds is 2. The minimum Gasteiger partial charge on any atom is -0.494 e. The molecular weight excluding hydrogens is 440 g/mol. The predicted molar refractivity (Wildman–Crippen MR) is 129 cm³/mol. The van der Waals surface area contributed by atoms with Gasteiger partial charge >= 0.3 is 6.03 Å². The lowest BCUT2D eigenvalue weighted by atomic mass is 9.73.